The smallest absolute Gasteiger partial charge is 0.0467 e. The van der Waals surface area contributed by atoms with Gasteiger partial charge in [0.1, 0.15) is 0 Å². The van der Waals surface area contributed by atoms with Crippen molar-refractivity contribution in [2.24, 2.45) is 17.1 Å². The van der Waals surface area contributed by atoms with Crippen molar-refractivity contribution in [2.45, 2.75) is 45.6 Å². The summed E-state index contributed by atoms with van der Waals surface area (Å²) in [7, 11) is 1.77. The van der Waals surface area contributed by atoms with Gasteiger partial charge in [-0.3, -0.25) is 0 Å². The van der Waals surface area contributed by atoms with Gasteiger partial charge in [-0.1, -0.05) is 13.8 Å². The lowest BCUT2D eigenvalue weighted by molar-refractivity contribution is 0.150. The maximum Gasteiger partial charge on any atom is 0.0467 e. The van der Waals surface area contributed by atoms with E-state index in [-0.39, 0.29) is 0 Å². The van der Waals surface area contributed by atoms with Gasteiger partial charge in [-0.15, -0.1) is 0 Å². The first-order valence-corrected chi connectivity index (χ1v) is 6.49. The lowest BCUT2D eigenvalue weighted by atomic mass is 9.89. The summed E-state index contributed by atoms with van der Waals surface area (Å²) in [5.74, 6) is 0.799. The third kappa shape index (κ3) is 5.28. The first-order valence-electron chi connectivity index (χ1n) is 6.49. The Hall–Kier alpha value is -0.120. The SMILES string of the molecule is COCCC(C)(C)CNCC1CCC(N)C1. The molecule has 0 saturated heterocycles. The predicted molar refractivity (Wildman–Crippen MR) is 68.5 cm³/mol. The maximum atomic E-state index is 5.90. The van der Waals surface area contributed by atoms with E-state index in [2.05, 4.69) is 19.2 Å². The van der Waals surface area contributed by atoms with Crippen molar-refractivity contribution in [3.63, 3.8) is 0 Å². The van der Waals surface area contributed by atoms with E-state index in [0.717, 1.165) is 32.0 Å². The molecule has 1 aliphatic carbocycles. The van der Waals surface area contributed by atoms with Crippen molar-refractivity contribution in [3.05, 3.63) is 0 Å². The number of hydrogen-bond donors (Lipinski definition) is 2. The molecule has 16 heavy (non-hydrogen) atoms. The van der Waals surface area contributed by atoms with E-state index < -0.39 is 0 Å². The van der Waals surface area contributed by atoms with E-state index in [1.165, 1.54) is 19.3 Å². The number of rotatable bonds is 7. The van der Waals surface area contributed by atoms with Crippen LogP contribution in [0.2, 0.25) is 0 Å². The first kappa shape index (κ1) is 13.9. The molecule has 0 aromatic rings. The van der Waals surface area contributed by atoms with Crippen molar-refractivity contribution in [2.75, 3.05) is 26.8 Å². The fraction of sp³-hybridized carbons (Fsp3) is 1.00. The molecule has 0 aromatic carbocycles. The monoisotopic (exact) mass is 228 g/mol. The third-order valence-electron chi connectivity index (χ3n) is 3.60. The summed E-state index contributed by atoms with van der Waals surface area (Å²) in [5, 5.41) is 3.59. The Morgan fingerprint density at radius 3 is 2.69 bits per heavy atom. The third-order valence-corrected chi connectivity index (χ3v) is 3.60. The largest absolute Gasteiger partial charge is 0.385 e. The minimum Gasteiger partial charge on any atom is -0.385 e. The van der Waals surface area contributed by atoms with Gasteiger partial charge in [-0.05, 0) is 43.6 Å². The van der Waals surface area contributed by atoms with E-state index in [1.54, 1.807) is 7.11 Å². The molecule has 1 saturated carbocycles. The number of hydrogen-bond acceptors (Lipinski definition) is 3. The molecule has 0 bridgehead atoms. The molecule has 3 N–H and O–H groups in total. The topological polar surface area (TPSA) is 47.3 Å². The fourth-order valence-electron chi connectivity index (χ4n) is 2.38. The summed E-state index contributed by atoms with van der Waals surface area (Å²) in [4.78, 5) is 0. The Morgan fingerprint density at radius 2 is 2.12 bits per heavy atom. The van der Waals surface area contributed by atoms with E-state index >= 15 is 0 Å². The average Bonchev–Trinajstić information content (AvgIpc) is 2.61. The molecule has 0 radical (unpaired) electrons. The highest BCUT2D eigenvalue weighted by molar-refractivity contribution is 4.80. The molecule has 0 spiro atoms. The van der Waals surface area contributed by atoms with Crippen LogP contribution in [0.4, 0.5) is 0 Å². The molecular weight excluding hydrogens is 200 g/mol. The van der Waals surface area contributed by atoms with E-state index in [1.807, 2.05) is 0 Å². The van der Waals surface area contributed by atoms with Crippen LogP contribution in [0.1, 0.15) is 39.5 Å². The molecule has 2 unspecified atom stereocenters. The van der Waals surface area contributed by atoms with Gasteiger partial charge in [0, 0.05) is 26.3 Å². The lowest BCUT2D eigenvalue weighted by Crippen LogP contribution is -2.33. The van der Waals surface area contributed by atoms with Crippen LogP contribution in [-0.4, -0.2) is 32.8 Å². The van der Waals surface area contributed by atoms with Gasteiger partial charge >= 0.3 is 0 Å². The molecule has 0 amide bonds. The summed E-state index contributed by atoms with van der Waals surface area (Å²) in [5.41, 5.74) is 6.23. The normalized spacial score (nSPS) is 26.2. The molecule has 0 aliphatic heterocycles. The van der Waals surface area contributed by atoms with Gasteiger partial charge in [-0.25, -0.2) is 0 Å². The predicted octanol–water partition coefficient (Wildman–Crippen LogP) is 1.77. The van der Waals surface area contributed by atoms with Crippen molar-refractivity contribution in [1.82, 2.24) is 5.32 Å². The van der Waals surface area contributed by atoms with Crippen molar-refractivity contribution < 1.29 is 4.74 Å². The van der Waals surface area contributed by atoms with E-state index in [9.17, 15) is 0 Å². The van der Waals surface area contributed by atoms with Crippen LogP contribution in [0.25, 0.3) is 0 Å². The van der Waals surface area contributed by atoms with E-state index in [4.69, 9.17) is 10.5 Å². The molecule has 3 heteroatoms. The number of nitrogens with two attached hydrogens (primary N) is 1. The molecule has 1 aliphatic rings. The second kappa shape index (κ2) is 6.58. The van der Waals surface area contributed by atoms with Crippen LogP contribution in [0, 0.1) is 11.3 Å². The molecule has 2 atom stereocenters. The van der Waals surface area contributed by atoms with Gasteiger partial charge in [0.25, 0.3) is 0 Å². The summed E-state index contributed by atoms with van der Waals surface area (Å²) >= 11 is 0. The Labute approximate surface area is 100 Å². The zero-order valence-corrected chi connectivity index (χ0v) is 11.1. The number of nitrogens with one attached hydrogen (secondary N) is 1. The van der Waals surface area contributed by atoms with Crippen LogP contribution in [0.5, 0.6) is 0 Å². The molecule has 96 valence electrons. The zero-order chi connectivity index (χ0) is 12.0. The maximum absolute atomic E-state index is 5.90. The molecular formula is C13H28N2O. The van der Waals surface area contributed by atoms with Gasteiger partial charge < -0.3 is 15.8 Å². The van der Waals surface area contributed by atoms with Gasteiger partial charge in [0.15, 0.2) is 0 Å². The molecule has 1 fully saturated rings. The second-order valence-corrected chi connectivity index (χ2v) is 5.98. The first-order chi connectivity index (χ1) is 7.53. The number of ether oxygens (including phenoxy) is 1. The molecule has 3 nitrogen and oxygen atoms in total. The van der Waals surface area contributed by atoms with Gasteiger partial charge in [0.05, 0.1) is 0 Å². The van der Waals surface area contributed by atoms with Gasteiger partial charge in [-0.2, -0.15) is 0 Å². The van der Waals surface area contributed by atoms with Crippen LogP contribution in [0.15, 0.2) is 0 Å². The van der Waals surface area contributed by atoms with Crippen molar-refractivity contribution in [3.8, 4) is 0 Å². The quantitative estimate of drug-likeness (QED) is 0.698. The Bertz CT molecular complexity index is 194. The lowest BCUT2D eigenvalue weighted by Gasteiger charge is -2.25. The van der Waals surface area contributed by atoms with E-state index in [0.29, 0.717) is 11.5 Å². The number of methoxy groups -OCH3 is 1. The van der Waals surface area contributed by atoms with Crippen LogP contribution in [0.3, 0.4) is 0 Å². The summed E-state index contributed by atoms with van der Waals surface area (Å²) in [6, 6.07) is 0.452. The molecule has 1 rings (SSSR count). The fourth-order valence-corrected chi connectivity index (χ4v) is 2.38. The highest BCUT2D eigenvalue weighted by Gasteiger charge is 2.22. The Morgan fingerprint density at radius 1 is 1.38 bits per heavy atom. The highest BCUT2D eigenvalue weighted by atomic mass is 16.5. The van der Waals surface area contributed by atoms with Crippen LogP contribution >= 0.6 is 0 Å². The minimum atomic E-state index is 0.330. The molecule has 0 heterocycles. The average molecular weight is 228 g/mol. The Kier molecular flexibility index (Phi) is 5.73. The van der Waals surface area contributed by atoms with Crippen LogP contribution < -0.4 is 11.1 Å². The van der Waals surface area contributed by atoms with Crippen molar-refractivity contribution >= 4 is 0 Å². The summed E-state index contributed by atoms with van der Waals surface area (Å²) in [6.45, 7) is 7.63. The standard InChI is InChI=1S/C13H28N2O/c1-13(2,6-7-16-3)10-15-9-11-4-5-12(14)8-11/h11-12,15H,4-10,14H2,1-3H3. The molecule has 0 aromatic heterocycles. The summed E-state index contributed by atoms with van der Waals surface area (Å²) < 4.78 is 5.13. The summed E-state index contributed by atoms with van der Waals surface area (Å²) in [6.07, 6.45) is 4.82. The highest BCUT2D eigenvalue weighted by Crippen LogP contribution is 2.24. The van der Waals surface area contributed by atoms with Gasteiger partial charge in [0.2, 0.25) is 0 Å². The zero-order valence-electron chi connectivity index (χ0n) is 11.1. The Balaban J connectivity index is 2.09. The minimum absolute atomic E-state index is 0.330. The van der Waals surface area contributed by atoms with Crippen molar-refractivity contribution in [1.29, 1.82) is 0 Å². The van der Waals surface area contributed by atoms with Crippen LogP contribution in [-0.2, 0) is 4.74 Å². The second-order valence-electron chi connectivity index (χ2n) is 5.98.